The molecule has 6 nitrogen and oxygen atoms in total. The largest absolute Gasteiger partial charge is 0.329 e. The number of sulfonamides is 1. The van der Waals surface area contributed by atoms with Crippen LogP contribution in [0.1, 0.15) is 25.7 Å². The van der Waals surface area contributed by atoms with Gasteiger partial charge in [-0.2, -0.15) is 0 Å². The van der Waals surface area contributed by atoms with Gasteiger partial charge in [0.1, 0.15) is 9.84 Å². The molecule has 1 aliphatic carbocycles. The van der Waals surface area contributed by atoms with Crippen molar-refractivity contribution in [1.82, 2.24) is 4.72 Å². The Balaban J connectivity index is 2.66. The SMILES string of the molecule is CS(=O)(=O)CCS(=O)(=O)NC1(CN)CCCC1. The van der Waals surface area contributed by atoms with Crippen LogP contribution < -0.4 is 10.5 Å². The van der Waals surface area contributed by atoms with E-state index in [9.17, 15) is 16.8 Å². The molecule has 8 heteroatoms. The van der Waals surface area contributed by atoms with E-state index in [0.717, 1.165) is 31.9 Å². The Morgan fingerprint density at radius 2 is 1.65 bits per heavy atom. The van der Waals surface area contributed by atoms with E-state index in [1.165, 1.54) is 0 Å². The summed E-state index contributed by atoms with van der Waals surface area (Å²) < 4.78 is 48.0. The number of sulfone groups is 1. The Morgan fingerprint density at radius 3 is 2.06 bits per heavy atom. The first-order valence-electron chi connectivity index (χ1n) is 5.58. The molecule has 0 amide bonds. The first-order chi connectivity index (χ1) is 7.68. The quantitative estimate of drug-likeness (QED) is 0.665. The second kappa shape index (κ2) is 5.21. The van der Waals surface area contributed by atoms with E-state index in [1.54, 1.807) is 0 Å². The van der Waals surface area contributed by atoms with Crippen molar-refractivity contribution in [2.24, 2.45) is 5.73 Å². The summed E-state index contributed by atoms with van der Waals surface area (Å²) in [6, 6.07) is 0. The van der Waals surface area contributed by atoms with Gasteiger partial charge in [0.2, 0.25) is 10.0 Å². The van der Waals surface area contributed by atoms with Crippen molar-refractivity contribution in [2.45, 2.75) is 31.2 Å². The number of nitrogens with one attached hydrogen (secondary N) is 1. The minimum absolute atomic E-state index is 0.255. The molecule has 1 aliphatic rings. The Kier molecular flexibility index (Phi) is 4.56. The number of hydrogen-bond donors (Lipinski definition) is 2. The van der Waals surface area contributed by atoms with Crippen LogP contribution >= 0.6 is 0 Å². The zero-order valence-corrected chi connectivity index (χ0v) is 11.6. The van der Waals surface area contributed by atoms with Gasteiger partial charge in [-0.15, -0.1) is 0 Å². The normalized spacial score (nSPS) is 20.6. The predicted molar refractivity (Wildman–Crippen MR) is 66.9 cm³/mol. The highest BCUT2D eigenvalue weighted by atomic mass is 32.2. The summed E-state index contributed by atoms with van der Waals surface area (Å²) in [5, 5.41) is 0. The Bertz CT molecular complexity index is 449. The third-order valence-electron chi connectivity index (χ3n) is 3.05. The average molecular weight is 284 g/mol. The molecule has 0 saturated heterocycles. The van der Waals surface area contributed by atoms with Crippen LogP contribution in [0.4, 0.5) is 0 Å². The lowest BCUT2D eigenvalue weighted by atomic mass is 10.0. The maximum absolute atomic E-state index is 11.8. The van der Waals surface area contributed by atoms with Crippen molar-refractivity contribution in [1.29, 1.82) is 0 Å². The Hall–Kier alpha value is -0.180. The molecular weight excluding hydrogens is 264 g/mol. The van der Waals surface area contributed by atoms with Crippen molar-refractivity contribution in [2.75, 3.05) is 24.3 Å². The highest BCUT2D eigenvalue weighted by molar-refractivity contribution is 7.93. The molecule has 0 aliphatic heterocycles. The molecular formula is C9H20N2O4S2. The van der Waals surface area contributed by atoms with Crippen LogP contribution in [0.25, 0.3) is 0 Å². The van der Waals surface area contributed by atoms with Crippen LogP contribution in [0.3, 0.4) is 0 Å². The topological polar surface area (TPSA) is 106 Å². The molecule has 0 aromatic carbocycles. The Morgan fingerprint density at radius 1 is 1.12 bits per heavy atom. The van der Waals surface area contributed by atoms with Gasteiger partial charge in [-0.3, -0.25) is 0 Å². The van der Waals surface area contributed by atoms with E-state index in [-0.39, 0.29) is 12.3 Å². The Labute approximate surface area is 103 Å². The molecule has 0 unspecified atom stereocenters. The number of hydrogen-bond acceptors (Lipinski definition) is 5. The molecule has 0 atom stereocenters. The maximum Gasteiger partial charge on any atom is 0.213 e. The maximum atomic E-state index is 11.8. The summed E-state index contributed by atoms with van der Waals surface area (Å²) in [5.74, 6) is -0.753. The van der Waals surface area contributed by atoms with Gasteiger partial charge in [-0.05, 0) is 12.8 Å². The minimum atomic E-state index is -3.58. The van der Waals surface area contributed by atoms with Crippen LogP contribution in [-0.2, 0) is 19.9 Å². The lowest BCUT2D eigenvalue weighted by Crippen LogP contribution is -2.52. The number of nitrogens with two attached hydrogens (primary N) is 1. The fourth-order valence-corrected chi connectivity index (χ4v) is 5.18. The smallest absolute Gasteiger partial charge is 0.213 e. The summed E-state index contributed by atoms with van der Waals surface area (Å²) in [4.78, 5) is 0. The molecule has 0 spiro atoms. The highest BCUT2D eigenvalue weighted by Crippen LogP contribution is 2.29. The van der Waals surface area contributed by atoms with Crippen molar-refractivity contribution in [3.63, 3.8) is 0 Å². The van der Waals surface area contributed by atoms with Gasteiger partial charge in [-0.25, -0.2) is 21.6 Å². The first-order valence-corrected chi connectivity index (χ1v) is 9.29. The van der Waals surface area contributed by atoms with E-state index in [4.69, 9.17) is 5.73 Å². The predicted octanol–water partition coefficient (Wildman–Crippen LogP) is -0.778. The molecule has 1 saturated carbocycles. The van der Waals surface area contributed by atoms with Crippen molar-refractivity contribution >= 4 is 19.9 Å². The molecule has 0 radical (unpaired) electrons. The van der Waals surface area contributed by atoms with Crippen LogP contribution in [0, 0.1) is 0 Å². The third-order valence-corrected chi connectivity index (χ3v) is 5.74. The van der Waals surface area contributed by atoms with Gasteiger partial charge in [0.05, 0.1) is 11.5 Å². The monoisotopic (exact) mass is 284 g/mol. The molecule has 1 fully saturated rings. The average Bonchev–Trinajstić information content (AvgIpc) is 2.63. The highest BCUT2D eigenvalue weighted by Gasteiger charge is 2.36. The molecule has 3 N–H and O–H groups in total. The molecule has 0 aromatic rings. The second-order valence-corrected chi connectivity index (χ2v) is 8.84. The van der Waals surface area contributed by atoms with Gasteiger partial charge >= 0.3 is 0 Å². The summed E-state index contributed by atoms with van der Waals surface area (Å²) in [7, 11) is -6.85. The lowest BCUT2D eigenvalue weighted by Gasteiger charge is -2.28. The van der Waals surface area contributed by atoms with E-state index in [2.05, 4.69) is 4.72 Å². The first kappa shape index (κ1) is 14.9. The van der Waals surface area contributed by atoms with E-state index in [1.807, 2.05) is 0 Å². The fourth-order valence-electron chi connectivity index (χ4n) is 2.04. The van der Waals surface area contributed by atoms with E-state index >= 15 is 0 Å². The van der Waals surface area contributed by atoms with Gasteiger partial charge in [0.25, 0.3) is 0 Å². The zero-order valence-electron chi connectivity index (χ0n) is 9.98. The van der Waals surface area contributed by atoms with Crippen molar-refractivity contribution < 1.29 is 16.8 Å². The van der Waals surface area contributed by atoms with E-state index < -0.39 is 31.2 Å². The molecule has 102 valence electrons. The molecule has 1 rings (SSSR count). The minimum Gasteiger partial charge on any atom is -0.329 e. The second-order valence-electron chi connectivity index (χ2n) is 4.74. The van der Waals surface area contributed by atoms with Gasteiger partial charge in [0.15, 0.2) is 0 Å². The summed E-state index contributed by atoms with van der Waals surface area (Å²) in [5.41, 5.74) is 5.05. The van der Waals surface area contributed by atoms with Crippen molar-refractivity contribution in [3.8, 4) is 0 Å². The number of rotatable bonds is 6. The van der Waals surface area contributed by atoms with E-state index in [0.29, 0.717) is 0 Å². The van der Waals surface area contributed by atoms with Crippen LogP contribution in [0.5, 0.6) is 0 Å². The van der Waals surface area contributed by atoms with Crippen LogP contribution in [-0.4, -0.2) is 46.7 Å². The third kappa shape index (κ3) is 4.90. The van der Waals surface area contributed by atoms with Gasteiger partial charge in [0, 0.05) is 18.3 Å². The molecule has 0 bridgehead atoms. The fraction of sp³-hybridized carbons (Fsp3) is 1.00. The van der Waals surface area contributed by atoms with Crippen LogP contribution in [0.2, 0.25) is 0 Å². The lowest BCUT2D eigenvalue weighted by molar-refractivity contribution is 0.400. The molecule has 0 aromatic heterocycles. The molecule has 0 heterocycles. The molecule has 17 heavy (non-hydrogen) atoms. The van der Waals surface area contributed by atoms with Crippen LogP contribution in [0.15, 0.2) is 0 Å². The summed E-state index contributed by atoms with van der Waals surface area (Å²) in [6.07, 6.45) is 4.37. The summed E-state index contributed by atoms with van der Waals surface area (Å²) in [6.45, 7) is 0.255. The summed E-state index contributed by atoms with van der Waals surface area (Å²) >= 11 is 0. The zero-order chi connectivity index (χ0) is 13.2. The van der Waals surface area contributed by atoms with Gasteiger partial charge in [-0.1, -0.05) is 12.8 Å². The van der Waals surface area contributed by atoms with Gasteiger partial charge < -0.3 is 5.73 Å². The van der Waals surface area contributed by atoms with Crippen molar-refractivity contribution in [3.05, 3.63) is 0 Å². The standard InChI is InChI=1S/C9H20N2O4S2/c1-16(12,13)6-7-17(14,15)11-9(8-10)4-2-3-5-9/h11H,2-8,10H2,1H3.